The lowest BCUT2D eigenvalue weighted by molar-refractivity contribution is -0.216. The minimum absolute atomic E-state index is 0.204. The van der Waals surface area contributed by atoms with E-state index in [2.05, 4.69) is 0 Å². The lowest BCUT2D eigenvalue weighted by Crippen LogP contribution is -2.67. The first-order valence-corrected chi connectivity index (χ1v) is 6.94. The number of ether oxygens (including phenoxy) is 1. The van der Waals surface area contributed by atoms with Crippen LogP contribution in [0.5, 0.6) is 0 Å². The summed E-state index contributed by atoms with van der Waals surface area (Å²) in [5.74, 6) is -7.66. The molecule has 0 heterocycles. The van der Waals surface area contributed by atoms with Gasteiger partial charge in [0.25, 0.3) is 0 Å². The molecule has 0 aliphatic carbocycles. The summed E-state index contributed by atoms with van der Waals surface area (Å²) in [7, 11) is 0. The van der Waals surface area contributed by atoms with Gasteiger partial charge in [0.1, 0.15) is 0 Å². The summed E-state index contributed by atoms with van der Waals surface area (Å²) in [4.78, 5) is 47.3. The molecule has 0 saturated heterocycles. The normalized spacial score (nSPS) is 17.8. The first-order valence-electron chi connectivity index (χ1n) is 6.94. The number of Topliss-reactive ketones (excluding diaryl/α,β-unsaturated/α-hetero) is 1. The Kier molecular flexibility index (Phi) is 6.69. The van der Waals surface area contributed by atoms with Crippen molar-refractivity contribution in [3.8, 4) is 0 Å². The molecule has 0 aromatic carbocycles. The van der Waals surface area contributed by atoms with E-state index in [1.165, 1.54) is 20.8 Å². The Balaban J connectivity index is 6.84. The zero-order chi connectivity index (χ0) is 17.7. The largest absolute Gasteiger partial charge is 0.481 e. The van der Waals surface area contributed by atoms with Crippen molar-refractivity contribution in [2.45, 2.75) is 46.1 Å². The van der Waals surface area contributed by atoms with E-state index in [9.17, 15) is 34.5 Å². The topological polar surface area (TPSA) is 138 Å². The molecule has 0 aliphatic heterocycles. The van der Waals surface area contributed by atoms with Gasteiger partial charge in [0, 0.05) is 6.61 Å². The fourth-order valence-corrected chi connectivity index (χ4v) is 3.01. The minimum atomic E-state index is -2.69. The Labute approximate surface area is 128 Å². The van der Waals surface area contributed by atoms with Crippen LogP contribution in [0.15, 0.2) is 0 Å². The van der Waals surface area contributed by atoms with Gasteiger partial charge >= 0.3 is 17.9 Å². The summed E-state index contributed by atoms with van der Waals surface area (Å²) in [6, 6.07) is 0. The van der Waals surface area contributed by atoms with Gasteiger partial charge in [-0.3, -0.25) is 14.4 Å². The molecule has 0 rings (SSSR count). The van der Waals surface area contributed by atoms with E-state index >= 15 is 0 Å². The van der Waals surface area contributed by atoms with Crippen LogP contribution in [0.3, 0.4) is 0 Å². The van der Waals surface area contributed by atoms with Crippen LogP contribution in [0.25, 0.3) is 0 Å². The maximum atomic E-state index is 12.1. The first-order chi connectivity index (χ1) is 10.1. The highest BCUT2D eigenvalue weighted by molar-refractivity contribution is 6.09. The van der Waals surface area contributed by atoms with E-state index < -0.39 is 47.0 Å². The molecule has 0 fully saturated rings. The molecular formula is C14H22O8. The lowest BCUT2D eigenvalue weighted by Gasteiger charge is -2.45. The number of carbonyl (C=O) groups is 4. The molecule has 22 heavy (non-hydrogen) atoms. The average Bonchev–Trinajstić information content (AvgIpc) is 2.38. The highest BCUT2D eigenvalue weighted by Crippen LogP contribution is 2.46. The van der Waals surface area contributed by atoms with Crippen molar-refractivity contribution in [3.63, 3.8) is 0 Å². The van der Waals surface area contributed by atoms with Gasteiger partial charge in [0.15, 0.2) is 11.2 Å². The SMILES string of the molecule is CCOC(C(=O)O)(C(CC)C(=O)O)C(CC)(C(C)=O)C(=O)O. The Morgan fingerprint density at radius 2 is 1.50 bits per heavy atom. The predicted octanol–water partition coefficient (Wildman–Crippen LogP) is 1.03. The van der Waals surface area contributed by atoms with Crippen LogP contribution in [-0.2, 0) is 23.9 Å². The van der Waals surface area contributed by atoms with E-state index in [-0.39, 0.29) is 13.0 Å². The second-order valence-corrected chi connectivity index (χ2v) is 4.89. The number of hydrogen-bond donors (Lipinski definition) is 3. The summed E-state index contributed by atoms with van der Waals surface area (Å²) in [6.07, 6.45) is -0.613. The van der Waals surface area contributed by atoms with Crippen LogP contribution in [0.2, 0.25) is 0 Å². The maximum absolute atomic E-state index is 12.1. The van der Waals surface area contributed by atoms with Crippen molar-refractivity contribution < 1.29 is 39.2 Å². The number of hydrogen-bond acceptors (Lipinski definition) is 5. The van der Waals surface area contributed by atoms with Gasteiger partial charge in [-0.1, -0.05) is 13.8 Å². The third-order valence-corrected chi connectivity index (χ3v) is 4.02. The van der Waals surface area contributed by atoms with Crippen molar-refractivity contribution in [3.05, 3.63) is 0 Å². The molecule has 3 N–H and O–H groups in total. The summed E-state index contributed by atoms with van der Waals surface area (Å²) in [6.45, 7) is 4.81. The molecule has 0 spiro atoms. The maximum Gasteiger partial charge on any atom is 0.338 e. The lowest BCUT2D eigenvalue weighted by atomic mass is 9.61. The first kappa shape index (κ1) is 20.0. The number of carboxylic acid groups (broad SMARTS) is 3. The Bertz CT molecular complexity index is 455. The molecule has 3 unspecified atom stereocenters. The van der Waals surface area contributed by atoms with Gasteiger partial charge in [0.05, 0.1) is 5.92 Å². The van der Waals surface area contributed by atoms with Gasteiger partial charge in [0.2, 0.25) is 5.60 Å². The number of rotatable bonds is 10. The molecule has 126 valence electrons. The molecular weight excluding hydrogens is 296 g/mol. The number of carboxylic acids is 3. The van der Waals surface area contributed by atoms with E-state index in [0.717, 1.165) is 6.92 Å². The van der Waals surface area contributed by atoms with Crippen molar-refractivity contribution in [1.82, 2.24) is 0 Å². The highest BCUT2D eigenvalue weighted by Gasteiger charge is 2.69. The molecule has 0 aromatic heterocycles. The van der Waals surface area contributed by atoms with Crippen LogP contribution >= 0.6 is 0 Å². The van der Waals surface area contributed by atoms with Crippen molar-refractivity contribution in [2.24, 2.45) is 11.3 Å². The van der Waals surface area contributed by atoms with E-state index in [1.807, 2.05) is 0 Å². The average molecular weight is 318 g/mol. The Morgan fingerprint density at radius 1 is 1.00 bits per heavy atom. The fraction of sp³-hybridized carbons (Fsp3) is 0.714. The molecule has 0 amide bonds. The summed E-state index contributed by atoms with van der Waals surface area (Å²) >= 11 is 0. The van der Waals surface area contributed by atoms with Crippen molar-refractivity contribution in [2.75, 3.05) is 6.61 Å². The van der Waals surface area contributed by atoms with Gasteiger partial charge < -0.3 is 20.1 Å². The van der Waals surface area contributed by atoms with E-state index in [1.54, 1.807) is 0 Å². The van der Waals surface area contributed by atoms with E-state index in [0.29, 0.717) is 0 Å². The zero-order valence-electron chi connectivity index (χ0n) is 13.1. The standard InChI is InChI=1S/C14H22O8/c1-5-9(10(16)17)14(12(20)21,22-7-3)13(6-2,8(4)15)11(18)19/h9H,5-7H2,1-4H3,(H,16,17)(H,18,19)(H,20,21). The molecule has 0 saturated carbocycles. The van der Waals surface area contributed by atoms with Gasteiger partial charge in [-0.05, 0) is 26.7 Å². The second kappa shape index (κ2) is 7.35. The molecule has 8 nitrogen and oxygen atoms in total. The highest BCUT2D eigenvalue weighted by atomic mass is 16.5. The number of carbonyl (C=O) groups excluding carboxylic acids is 1. The van der Waals surface area contributed by atoms with Gasteiger partial charge in [-0.15, -0.1) is 0 Å². The predicted molar refractivity (Wildman–Crippen MR) is 74.5 cm³/mol. The smallest absolute Gasteiger partial charge is 0.338 e. The molecule has 0 radical (unpaired) electrons. The summed E-state index contributed by atoms with van der Waals surface area (Å²) in [5.41, 5.74) is -5.18. The monoisotopic (exact) mass is 318 g/mol. The van der Waals surface area contributed by atoms with Crippen molar-refractivity contribution >= 4 is 23.7 Å². The van der Waals surface area contributed by atoms with Gasteiger partial charge in [-0.25, -0.2) is 4.79 Å². The molecule has 8 heteroatoms. The second-order valence-electron chi connectivity index (χ2n) is 4.89. The molecule has 0 bridgehead atoms. The Morgan fingerprint density at radius 3 is 1.68 bits per heavy atom. The number of aliphatic carboxylic acids is 3. The zero-order valence-corrected chi connectivity index (χ0v) is 13.1. The van der Waals surface area contributed by atoms with Crippen LogP contribution < -0.4 is 0 Å². The van der Waals surface area contributed by atoms with Gasteiger partial charge in [-0.2, -0.15) is 0 Å². The van der Waals surface area contributed by atoms with Crippen LogP contribution in [0.4, 0.5) is 0 Å². The summed E-state index contributed by atoms with van der Waals surface area (Å²) in [5, 5.41) is 28.6. The van der Waals surface area contributed by atoms with Crippen LogP contribution in [0.1, 0.15) is 40.5 Å². The Hall–Kier alpha value is -1.96. The minimum Gasteiger partial charge on any atom is -0.481 e. The fourth-order valence-electron chi connectivity index (χ4n) is 3.01. The number of ketones is 1. The third-order valence-electron chi connectivity index (χ3n) is 4.02. The summed E-state index contributed by atoms with van der Waals surface area (Å²) < 4.78 is 5.20. The molecule has 0 aromatic rings. The van der Waals surface area contributed by atoms with E-state index in [4.69, 9.17) is 4.74 Å². The molecule has 0 aliphatic rings. The van der Waals surface area contributed by atoms with Crippen LogP contribution in [0, 0.1) is 11.3 Å². The molecule has 3 atom stereocenters. The third kappa shape index (κ3) is 2.70. The van der Waals surface area contributed by atoms with Crippen LogP contribution in [-0.4, -0.2) is 51.2 Å². The van der Waals surface area contributed by atoms with Crippen molar-refractivity contribution in [1.29, 1.82) is 0 Å². The quantitative estimate of drug-likeness (QED) is 0.508.